The lowest BCUT2D eigenvalue weighted by atomic mass is 10.2. The molecule has 0 saturated heterocycles. The summed E-state index contributed by atoms with van der Waals surface area (Å²) >= 11 is 2.07. The molecule has 1 amide bonds. The molecule has 0 radical (unpaired) electrons. The topological polar surface area (TPSA) is 67.0 Å². The predicted molar refractivity (Wildman–Crippen MR) is 61.2 cm³/mol. The molecular formula is C8H12IN3O2. The number of hydrogen-bond acceptors (Lipinski definition) is 3. The summed E-state index contributed by atoms with van der Waals surface area (Å²) in [5.41, 5.74) is -0.496. The van der Waals surface area contributed by atoms with E-state index < -0.39 is 11.7 Å². The SMILES string of the molecule is CC(C)(C)OC(=O)Nc1ncc(I)[nH]1. The van der Waals surface area contributed by atoms with Gasteiger partial charge in [-0.2, -0.15) is 0 Å². The summed E-state index contributed by atoms with van der Waals surface area (Å²) in [4.78, 5) is 18.0. The molecule has 78 valence electrons. The Morgan fingerprint density at radius 2 is 2.29 bits per heavy atom. The van der Waals surface area contributed by atoms with Crippen molar-refractivity contribution in [1.29, 1.82) is 0 Å². The molecule has 6 heteroatoms. The Hall–Kier alpha value is -0.790. The number of aromatic nitrogens is 2. The number of nitrogens with zero attached hydrogens (tertiary/aromatic N) is 1. The van der Waals surface area contributed by atoms with Crippen molar-refractivity contribution < 1.29 is 9.53 Å². The minimum Gasteiger partial charge on any atom is -0.444 e. The number of carbonyl (C=O) groups is 1. The number of imidazole rings is 1. The second-order valence-electron chi connectivity index (χ2n) is 3.71. The third-order valence-corrected chi connectivity index (χ3v) is 1.71. The van der Waals surface area contributed by atoms with Crippen LogP contribution >= 0.6 is 22.6 Å². The average Bonchev–Trinajstić information content (AvgIpc) is 2.30. The van der Waals surface area contributed by atoms with Crippen molar-refractivity contribution in [3.63, 3.8) is 0 Å². The van der Waals surface area contributed by atoms with Crippen LogP contribution < -0.4 is 5.32 Å². The van der Waals surface area contributed by atoms with E-state index in [1.165, 1.54) is 0 Å². The molecular weight excluding hydrogens is 297 g/mol. The first-order chi connectivity index (χ1) is 6.37. The first kappa shape index (κ1) is 11.3. The molecule has 0 bridgehead atoms. The van der Waals surface area contributed by atoms with E-state index >= 15 is 0 Å². The van der Waals surface area contributed by atoms with Crippen LogP contribution in [0.15, 0.2) is 6.20 Å². The van der Waals surface area contributed by atoms with Crippen molar-refractivity contribution >= 4 is 34.6 Å². The van der Waals surface area contributed by atoms with Crippen LogP contribution in [0.2, 0.25) is 0 Å². The zero-order chi connectivity index (χ0) is 10.8. The van der Waals surface area contributed by atoms with Crippen molar-refractivity contribution in [3.8, 4) is 0 Å². The lowest BCUT2D eigenvalue weighted by molar-refractivity contribution is 0.0635. The van der Waals surface area contributed by atoms with Crippen molar-refractivity contribution in [3.05, 3.63) is 9.90 Å². The monoisotopic (exact) mass is 309 g/mol. The summed E-state index contributed by atoms with van der Waals surface area (Å²) in [6.45, 7) is 5.41. The van der Waals surface area contributed by atoms with Gasteiger partial charge in [-0.05, 0) is 43.4 Å². The van der Waals surface area contributed by atoms with Gasteiger partial charge in [-0.1, -0.05) is 0 Å². The number of aromatic amines is 1. The van der Waals surface area contributed by atoms with Crippen LogP contribution in [0.5, 0.6) is 0 Å². The summed E-state index contributed by atoms with van der Waals surface area (Å²) in [5.74, 6) is 0.392. The highest BCUT2D eigenvalue weighted by molar-refractivity contribution is 14.1. The molecule has 14 heavy (non-hydrogen) atoms. The third-order valence-electron chi connectivity index (χ3n) is 1.16. The number of carbonyl (C=O) groups excluding carboxylic acids is 1. The van der Waals surface area contributed by atoms with Gasteiger partial charge < -0.3 is 9.72 Å². The van der Waals surface area contributed by atoms with Gasteiger partial charge in [-0.15, -0.1) is 0 Å². The molecule has 0 unspecified atom stereocenters. The van der Waals surface area contributed by atoms with Gasteiger partial charge in [0.05, 0.1) is 9.90 Å². The molecule has 0 aromatic carbocycles. The Bertz CT molecular complexity index is 330. The highest BCUT2D eigenvalue weighted by Gasteiger charge is 2.16. The van der Waals surface area contributed by atoms with E-state index in [1.807, 2.05) is 0 Å². The molecule has 0 aliphatic heterocycles. The maximum absolute atomic E-state index is 11.2. The van der Waals surface area contributed by atoms with Crippen molar-refractivity contribution in [2.45, 2.75) is 26.4 Å². The van der Waals surface area contributed by atoms with Crippen LogP contribution in [0.4, 0.5) is 10.7 Å². The fraction of sp³-hybridized carbons (Fsp3) is 0.500. The van der Waals surface area contributed by atoms with Gasteiger partial charge >= 0.3 is 6.09 Å². The number of hydrogen-bond donors (Lipinski definition) is 2. The summed E-state index contributed by atoms with van der Waals surface area (Å²) < 4.78 is 5.89. The molecule has 0 fully saturated rings. The van der Waals surface area contributed by atoms with Gasteiger partial charge in [0.25, 0.3) is 0 Å². The smallest absolute Gasteiger partial charge is 0.414 e. The average molecular weight is 309 g/mol. The summed E-state index contributed by atoms with van der Waals surface area (Å²) in [5, 5.41) is 2.49. The predicted octanol–water partition coefficient (Wildman–Crippen LogP) is 2.36. The van der Waals surface area contributed by atoms with E-state index in [2.05, 4.69) is 37.9 Å². The fourth-order valence-corrected chi connectivity index (χ4v) is 1.16. The second kappa shape index (κ2) is 4.16. The lowest BCUT2D eigenvalue weighted by Crippen LogP contribution is -2.27. The summed E-state index contributed by atoms with van der Waals surface area (Å²) in [7, 11) is 0. The van der Waals surface area contributed by atoms with Gasteiger partial charge in [0.15, 0.2) is 0 Å². The van der Waals surface area contributed by atoms with E-state index in [0.29, 0.717) is 5.95 Å². The number of amides is 1. The van der Waals surface area contributed by atoms with Crippen LogP contribution in [0.1, 0.15) is 20.8 Å². The Morgan fingerprint density at radius 1 is 1.64 bits per heavy atom. The number of nitrogens with one attached hydrogen (secondary N) is 2. The standard InChI is InChI=1S/C8H12IN3O2/c1-8(2,3)14-7(13)12-6-10-4-5(9)11-6/h4H,1-3H3,(H2,10,11,12,13). The van der Waals surface area contributed by atoms with Crippen LogP contribution in [0.3, 0.4) is 0 Å². The minimum atomic E-state index is -0.511. The Kier molecular flexibility index (Phi) is 3.35. The number of halogens is 1. The first-order valence-corrected chi connectivity index (χ1v) is 5.15. The first-order valence-electron chi connectivity index (χ1n) is 4.07. The van der Waals surface area contributed by atoms with E-state index in [1.54, 1.807) is 27.0 Å². The molecule has 1 aromatic heterocycles. The second-order valence-corrected chi connectivity index (χ2v) is 4.87. The molecule has 0 aliphatic carbocycles. The molecule has 0 atom stereocenters. The number of ether oxygens (including phenoxy) is 1. The zero-order valence-electron chi connectivity index (χ0n) is 8.22. The van der Waals surface area contributed by atoms with Crippen molar-refractivity contribution in [2.75, 3.05) is 5.32 Å². The number of H-pyrrole nitrogens is 1. The third kappa shape index (κ3) is 3.95. The van der Waals surface area contributed by atoms with Crippen molar-refractivity contribution in [1.82, 2.24) is 9.97 Å². The van der Waals surface area contributed by atoms with Gasteiger partial charge in [-0.3, -0.25) is 5.32 Å². The van der Waals surface area contributed by atoms with Crippen LogP contribution in [-0.4, -0.2) is 21.7 Å². The fourth-order valence-electron chi connectivity index (χ4n) is 0.763. The Morgan fingerprint density at radius 3 is 2.71 bits per heavy atom. The summed E-state index contributed by atoms with van der Waals surface area (Å²) in [6.07, 6.45) is 1.11. The summed E-state index contributed by atoms with van der Waals surface area (Å²) in [6, 6.07) is 0. The number of anilines is 1. The van der Waals surface area contributed by atoms with Crippen LogP contribution in [-0.2, 0) is 4.74 Å². The largest absolute Gasteiger partial charge is 0.444 e. The normalized spacial score (nSPS) is 11.1. The maximum atomic E-state index is 11.2. The Labute approximate surface area is 95.8 Å². The van der Waals surface area contributed by atoms with Crippen molar-refractivity contribution in [2.24, 2.45) is 0 Å². The highest BCUT2D eigenvalue weighted by Crippen LogP contribution is 2.09. The maximum Gasteiger partial charge on any atom is 0.414 e. The molecule has 1 heterocycles. The number of rotatable bonds is 1. The van der Waals surface area contributed by atoms with Crippen LogP contribution in [0.25, 0.3) is 0 Å². The molecule has 5 nitrogen and oxygen atoms in total. The highest BCUT2D eigenvalue weighted by atomic mass is 127. The minimum absolute atomic E-state index is 0.392. The van der Waals surface area contributed by atoms with E-state index in [-0.39, 0.29) is 0 Å². The van der Waals surface area contributed by atoms with Gasteiger partial charge in [0, 0.05) is 0 Å². The van der Waals surface area contributed by atoms with E-state index in [9.17, 15) is 4.79 Å². The molecule has 2 N–H and O–H groups in total. The lowest BCUT2D eigenvalue weighted by Gasteiger charge is -2.18. The molecule has 0 aliphatic rings. The van der Waals surface area contributed by atoms with E-state index in [4.69, 9.17) is 4.74 Å². The van der Waals surface area contributed by atoms with Gasteiger partial charge in [0.2, 0.25) is 5.95 Å². The van der Waals surface area contributed by atoms with Crippen LogP contribution in [0, 0.1) is 3.70 Å². The zero-order valence-corrected chi connectivity index (χ0v) is 10.4. The van der Waals surface area contributed by atoms with Gasteiger partial charge in [0.1, 0.15) is 5.60 Å². The molecule has 1 rings (SSSR count). The molecule has 0 spiro atoms. The van der Waals surface area contributed by atoms with Gasteiger partial charge in [-0.25, -0.2) is 9.78 Å². The Balaban J connectivity index is 2.50. The molecule has 1 aromatic rings. The molecule has 0 saturated carbocycles. The van der Waals surface area contributed by atoms with E-state index in [0.717, 1.165) is 3.70 Å². The quantitative estimate of drug-likeness (QED) is 0.783.